The van der Waals surface area contributed by atoms with Crippen molar-refractivity contribution >= 4 is 0 Å². The van der Waals surface area contributed by atoms with Gasteiger partial charge in [-0.25, -0.2) is 0 Å². The third-order valence-corrected chi connectivity index (χ3v) is 0.929. The van der Waals surface area contributed by atoms with Crippen LogP contribution in [0.15, 0.2) is 24.5 Å². The summed E-state index contributed by atoms with van der Waals surface area (Å²) in [6, 6.07) is 0.493. The van der Waals surface area contributed by atoms with Crippen LogP contribution in [0.3, 0.4) is 0 Å². The van der Waals surface area contributed by atoms with Crippen molar-refractivity contribution in [3.05, 3.63) is 30.1 Å². The molecule has 0 radical (unpaired) electrons. The predicted octanol–water partition coefficient (Wildman–Crippen LogP) is 2.10. The van der Waals surface area contributed by atoms with Crippen LogP contribution in [-0.4, -0.2) is 4.98 Å². The van der Waals surface area contributed by atoms with Gasteiger partial charge in [-0.05, 0) is 12.1 Å². The fraction of sp³-hybridized carbons (Fsp3) is 0.167. The molecule has 0 unspecified atom stereocenters. The Bertz CT molecular complexity index is 258. The van der Waals surface area contributed by atoms with E-state index in [1.165, 1.54) is 0 Å². The normalized spacial score (nSPS) is 12.9. The van der Waals surface area contributed by atoms with Crippen LogP contribution in [0.4, 0.5) is 13.2 Å². The molecule has 54 valence electrons. The average molecular weight is 148 g/mol. The summed E-state index contributed by atoms with van der Waals surface area (Å²) in [5, 5.41) is 0. The van der Waals surface area contributed by atoms with Crippen molar-refractivity contribution in [3.8, 4) is 0 Å². The van der Waals surface area contributed by atoms with Crippen LogP contribution < -0.4 is 0 Å². The molecule has 0 saturated carbocycles. The zero-order chi connectivity index (χ0) is 8.48. The SMILES string of the molecule is [2H]c1cncc(C(F)(F)F)c1. The number of pyridine rings is 1. The summed E-state index contributed by atoms with van der Waals surface area (Å²) in [5.74, 6) is 0. The van der Waals surface area contributed by atoms with Crippen LogP contribution in [0, 0.1) is 0 Å². The molecule has 0 aromatic carbocycles. The highest BCUT2D eigenvalue weighted by atomic mass is 19.4. The number of hydrogen-bond acceptors (Lipinski definition) is 1. The number of rotatable bonds is 0. The first-order valence-corrected chi connectivity index (χ1v) is 2.49. The lowest BCUT2D eigenvalue weighted by Crippen LogP contribution is -2.04. The molecule has 1 aromatic heterocycles. The van der Waals surface area contributed by atoms with E-state index in [1.807, 2.05) is 0 Å². The first kappa shape index (κ1) is 5.70. The molecule has 0 fully saturated rings. The lowest BCUT2D eigenvalue weighted by molar-refractivity contribution is -0.137. The summed E-state index contributed by atoms with van der Waals surface area (Å²) < 4.78 is 42.4. The molecule has 0 aliphatic rings. The third kappa shape index (κ3) is 1.46. The Morgan fingerprint density at radius 3 is 2.60 bits per heavy atom. The summed E-state index contributed by atoms with van der Waals surface area (Å²) in [6.07, 6.45) is -2.66. The lowest BCUT2D eigenvalue weighted by Gasteiger charge is -2.03. The minimum absolute atomic E-state index is 0.236. The van der Waals surface area contributed by atoms with E-state index in [1.54, 1.807) is 0 Å². The minimum Gasteiger partial charge on any atom is -0.264 e. The largest absolute Gasteiger partial charge is 0.417 e. The number of alkyl halides is 3. The van der Waals surface area contributed by atoms with Crippen LogP contribution in [0.25, 0.3) is 0 Å². The molecule has 0 saturated heterocycles. The van der Waals surface area contributed by atoms with Gasteiger partial charge in [0, 0.05) is 12.4 Å². The van der Waals surface area contributed by atoms with E-state index in [2.05, 4.69) is 4.98 Å². The second kappa shape index (κ2) is 2.28. The van der Waals surface area contributed by atoms with Gasteiger partial charge in [0.1, 0.15) is 0 Å². The Balaban J connectivity index is 3.06. The molecule has 0 aliphatic heterocycles. The van der Waals surface area contributed by atoms with Crippen molar-refractivity contribution in [3.63, 3.8) is 0 Å². The summed E-state index contributed by atoms with van der Waals surface area (Å²) in [7, 11) is 0. The molecule has 1 rings (SSSR count). The Hall–Kier alpha value is -1.06. The highest BCUT2D eigenvalue weighted by Gasteiger charge is 2.30. The monoisotopic (exact) mass is 148 g/mol. The van der Waals surface area contributed by atoms with Gasteiger partial charge in [0.2, 0.25) is 0 Å². The molecule has 4 heteroatoms. The molecule has 0 spiro atoms. The van der Waals surface area contributed by atoms with Crippen LogP contribution >= 0.6 is 0 Å². The number of nitrogens with zero attached hydrogens (tertiary/aromatic N) is 1. The highest BCUT2D eigenvalue weighted by Crippen LogP contribution is 2.27. The second-order valence-electron chi connectivity index (χ2n) is 1.67. The molecule has 1 aromatic rings. The quantitative estimate of drug-likeness (QED) is 0.549. The minimum atomic E-state index is -4.40. The molecular formula is C6H4F3N. The van der Waals surface area contributed by atoms with Gasteiger partial charge in [-0.2, -0.15) is 13.2 Å². The topological polar surface area (TPSA) is 12.9 Å². The lowest BCUT2D eigenvalue weighted by atomic mass is 10.3. The molecule has 0 bridgehead atoms. The maximum absolute atomic E-state index is 11.8. The van der Waals surface area contributed by atoms with Crippen molar-refractivity contribution < 1.29 is 14.5 Å². The zero-order valence-corrected chi connectivity index (χ0v) is 4.81. The summed E-state index contributed by atoms with van der Waals surface area (Å²) in [5.41, 5.74) is -0.884. The van der Waals surface area contributed by atoms with E-state index < -0.39 is 11.7 Å². The molecule has 0 N–H and O–H groups in total. The van der Waals surface area contributed by atoms with Gasteiger partial charge in [-0.3, -0.25) is 4.98 Å². The van der Waals surface area contributed by atoms with Crippen molar-refractivity contribution in [2.45, 2.75) is 6.18 Å². The van der Waals surface area contributed by atoms with Gasteiger partial charge < -0.3 is 0 Å². The van der Waals surface area contributed by atoms with Gasteiger partial charge in [0.15, 0.2) is 0 Å². The van der Waals surface area contributed by atoms with E-state index >= 15 is 0 Å². The molecule has 1 nitrogen and oxygen atoms in total. The van der Waals surface area contributed by atoms with E-state index in [4.69, 9.17) is 1.37 Å². The summed E-state index contributed by atoms with van der Waals surface area (Å²) in [6.45, 7) is 0. The van der Waals surface area contributed by atoms with Gasteiger partial charge in [-0.15, -0.1) is 0 Å². The van der Waals surface area contributed by atoms with E-state index in [-0.39, 0.29) is 6.04 Å². The van der Waals surface area contributed by atoms with Gasteiger partial charge in [0.05, 0.1) is 6.93 Å². The fourth-order valence-corrected chi connectivity index (χ4v) is 0.480. The van der Waals surface area contributed by atoms with Gasteiger partial charge >= 0.3 is 6.18 Å². The fourth-order valence-electron chi connectivity index (χ4n) is 0.480. The zero-order valence-electron chi connectivity index (χ0n) is 5.81. The van der Waals surface area contributed by atoms with Crippen LogP contribution in [0.2, 0.25) is 0 Å². The molecular weight excluding hydrogens is 143 g/mol. The Morgan fingerprint density at radius 2 is 2.20 bits per heavy atom. The summed E-state index contributed by atoms with van der Waals surface area (Å²) >= 11 is 0. The van der Waals surface area contributed by atoms with E-state index in [0.29, 0.717) is 6.20 Å². The molecule has 0 atom stereocenters. The number of halogens is 3. The third-order valence-electron chi connectivity index (χ3n) is 0.929. The molecule has 0 aliphatic carbocycles. The van der Waals surface area contributed by atoms with Crippen LogP contribution in [0.1, 0.15) is 6.93 Å². The van der Waals surface area contributed by atoms with E-state index in [0.717, 1.165) is 12.3 Å². The highest BCUT2D eigenvalue weighted by molar-refractivity contribution is 5.11. The Morgan fingerprint density at radius 1 is 1.50 bits per heavy atom. The predicted molar refractivity (Wildman–Crippen MR) is 29.2 cm³/mol. The van der Waals surface area contributed by atoms with Crippen LogP contribution in [-0.2, 0) is 6.18 Å². The number of hydrogen-bond donors (Lipinski definition) is 0. The van der Waals surface area contributed by atoms with Crippen molar-refractivity contribution in [1.29, 1.82) is 0 Å². The van der Waals surface area contributed by atoms with Crippen molar-refractivity contribution in [2.75, 3.05) is 0 Å². The van der Waals surface area contributed by atoms with Crippen molar-refractivity contribution in [2.24, 2.45) is 0 Å². The standard InChI is InChI=1S/C6H4F3N/c7-6(8,9)5-2-1-3-10-4-5/h1-4H/i1D. The first-order valence-electron chi connectivity index (χ1n) is 2.99. The maximum Gasteiger partial charge on any atom is 0.417 e. The molecule has 10 heavy (non-hydrogen) atoms. The second-order valence-corrected chi connectivity index (χ2v) is 1.67. The van der Waals surface area contributed by atoms with Crippen LogP contribution in [0.5, 0.6) is 0 Å². The summed E-state index contributed by atoms with van der Waals surface area (Å²) in [4.78, 5) is 3.24. The Kier molecular flexibility index (Phi) is 1.30. The Labute approximate surface area is 56.9 Å². The maximum atomic E-state index is 11.8. The van der Waals surface area contributed by atoms with E-state index in [9.17, 15) is 13.2 Å². The molecule has 1 heterocycles. The van der Waals surface area contributed by atoms with Gasteiger partial charge in [0.25, 0.3) is 0 Å². The number of aromatic nitrogens is 1. The van der Waals surface area contributed by atoms with Gasteiger partial charge in [-0.1, -0.05) is 0 Å². The van der Waals surface area contributed by atoms with Crippen molar-refractivity contribution in [1.82, 2.24) is 4.98 Å². The molecule has 0 amide bonds. The first-order chi connectivity index (χ1) is 5.00. The smallest absolute Gasteiger partial charge is 0.264 e. The average Bonchev–Trinajstić information content (AvgIpc) is 1.86.